The number of guanidine groups is 1. The van der Waals surface area contributed by atoms with Gasteiger partial charge in [-0.3, -0.25) is 9.89 Å². The van der Waals surface area contributed by atoms with Crippen molar-refractivity contribution in [2.24, 2.45) is 4.99 Å². The van der Waals surface area contributed by atoms with Gasteiger partial charge in [-0.1, -0.05) is 36.4 Å². The Morgan fingerprint density at radius 2 is 1.66 bits per heavy atom. The molecule has 2 heterocycles. The summed E-state index contributed by atoms with van der Waals surface area (Å²) in [5.41, 5.74) is 2.44. The summed E-state index contributed by atoms with van der Waals surface area (Å²) in [5.74, 6) is 1.89. The summed E-state index contributed by atoms with van der Waals surface area (Å²) in [5, 5.41) is 3.54. The van der Waals surface area contributed by atoms with Crippen LogP contribution in [-0.2, 0) is 11.3 Å². The van der Waals surface area contributed by atoms with Crippen LogP contribution in [0.4, 0.5) is 5.69 Å². The van der Waals surface area contributed by atoms with Crippen LogP contribution in [-0.4, -0.2) is 88.4 Å². The monoisotopic (exact) mass is 437 g/mol. The van der Waals surface area contributed by atoms with Crippen molar-refractivity contribution in [3.63, 3.8) is 0 Å². The van der Waals surface area contributed by atoms with E-state index in [2.05, 4.69) is 73.5 Å². The van der Waals surface area contributed by atoms with Crippen molar-refractivity contribution >= 4 is 11.6 Å². The Kier molecular flexibility index (Phi) is 8.23. The molecule has 2 aromatic carbocycles. The molecule has 0 unspecified atom stereocenters. The predicted octanol–water partition coefficient (Wildman–Crippen LogP) is 2.30. The van der Waals surface area contributed by atoms with Gasteiger partial charge in [0.25, 0.3) is 0 Å². The van der Waals surface area contributed by atoms with E-state index < -0.39 is 0 Å². The average Bonchev–Trinajstić information content (AvgIpc) is 2.87. The van der Waals surface area contributed by atoms with Gasteiger partial charge in [-0.05, 0) is 18.2 Å². The Labute approximate surface area is 191 Å². The number of rotatable bonds is 7. The molecular formula is C25H35N5O2. The predicted molar refractivity (Wildman–Crippen MR) is 130 cm³/mol. The summed E-state index contributed by atoms with van der Waals surface area (Å²) >= 11 is 0. The first-order valence-electron chi connectivity index (χ1n) is 11.6. The number of hydrogen-bond acceptors (Lipinski definition) is 5. The Morgan fingerprint density at radius 3 is 2.41 bits per heavy atom. The second kappa shape index (κ2) is 11.7. The molecule has 0 spiro atoms. The molecule has 7 heteroatoms. The first-order chi connectivity index (χ1) is 15.8. The van der Waals surface area contributed by atoms with Crippen LogP contribution in [0.2, 0.25) is 0 Å². The molecule has 0 aliphatic carbocycles. The van der Waals surface area contributed by atoms with Crippen molar-refractivity contribution in [3.05, 3.63) is 60.2 Å². The van der Waals surface area contributed by atoms with E-state index in [-0.39, 0.29) is 0 Å². The normalized spacial score (nSPS) is 18.0. The molecule has 4 rings (SSSR count). The van der Waals surface area contributed by atoms with Gasteiger partial charge in [-0.15, -0.1) is 0 Å². The lowest BCUT2D eigenvalue weighted by molar-refractivity contribution is 0.0322. The standard InChI is InChI=1S/C25H35N5O2/c1-26-25(30-13-11-29(12-14-30)23-8-3-2-4-9-23)27-21-22-7-5-6-10-24(22)32-20-17-28-15-18-31-19-16-28/h2-10H,11-21H2,1H3,(H,26,27). The van der Waals surface area contributed by atoms with Crippen LogP contribution in [0.15, 0.2) is 59.6 Å². The van der Waals surface area contributed by atoms with Crippen molar-refractivity contribution in [3.8, 4) is 5.75 Å². The van der Waals surface area contributed by atoms with Crippen LogP contribution < -0.4 is 15.0 Å². The van der Waals surface area contributed by atoms with Crippen LogP contribution in [0.5, 0.6) is 5.75 Å². The Bertz CT molecular complexity index is 846. The van der Waals surface area contributed by atoms with E-state index in [1.54, 1.807) is 0 Å². The minimum atomic E-state index is 0.688. The molecule has 172 valence electrons. The Hall–Kier alpha value is -2.77. The second-order valence-electron chi connectivity index (χ2n) is 8.12. The summed E-state index contributed by atoms with van der Waals surface area (Å²) in [6, 6.07) is 18.9. The van der Waals surface area contributed by atoms with E-state index in [4.69, 9.17) is 9.47 Å². The smallest absolute Gasteiger partial charge is 0.194 e. The van der Waals surface area contributed by atoms with E-state index in [1.807, 2.05) is 13.1 Å². The van der Waals surface area contributed by atoms with Gasteiger partial charge >= 0.3 is 0 Å². The summed E-state index contributed by atoms with van der Waals surface area (Å²) in [7, 11) is 1.86. The van der Waals surface area contributed by atoms with Gasteiger partial charge in [-0.2, -0.15) is 0 Å². The van der Waals surface area contributed by atoms with Gasteiger partial charge in [0, 0.05) is 70.7 Å². The van der Waals surface area contributed by atoms with E-state index in [1.165, 1.54) is 5.69 Å². The fourth-order valence-corrected chi connectivity index (χ4v) is 4.22. The molecule has 0 amide bonds. The summed E-state index contributed by atoms with van der Waals surface area (Å²) < 4.78 is 11.5. The minimum Gasteiger partial charge on any atom is -0.492 e. The van der Waals surface area contributed by atoms with Gasteiger partial charge in [0.1, 0.15) is 12.4 Å². The lowest BCUT2D eigenvalue weighted by Crippen LogP contribution is -2.52. The number of aliphatic imine (C=N–C) groups is 1. The molecule has 7 nitrogen and oxygen atoms in total. The van der Waals surface area contributed by atoms with E-state index in [0.717, 1.165) is 76.3 Å². The maximum atomic E-state index is 6.13. The molecular weight excluding hydrogens is 402 g/mol. The first-order valence-corrected chi connectivity index (χ1v) is 11.6. The zero-order valence-corrected chi connectivity index (χ0v) is 19.1. The molecule has 0 saturated carbocycles. The van der Waals surface area contributed by atoms with E-state index in [9.17, 15) is 0 Å². The molecule has 0 bridgehead atoms. The van der Waals surface area contributed by atoms with Crippen LogP contribution >= 0.6 is 0 Å². The van der Waals surface area contributed by atoms with Gasteiger partial charge in [0.2, 0.25) is 0 Å². The lowest BCUT2D eigenvalue weighted by Gasteiger charge is -2.37. The number of benzene rings is 2. The fourth-order valence-electron chi connectivity index (χ4n) is 4.22. The third-order valence-corrected chi connectivity index (χ3v) is 6.09. The highest BCUT2D eigenvalue weighted by Gasteiger charge is 2.20. The zero-order chi connectivity index (χ0) is 22.0. The molecule has 2 saturated heterocycles. The van der Waals surface area contributed by atoms with Crippen molar-refractivity contribution < 1.29 is 9.47 Å². The van der Waals surface area contributed by atoms with Crippen LogP contribution in [0, 0.1) is 0 Å². The van der Waals surface area contributed by atoms with E-state index >= 15 is 0 Å². The topological polar surface area (TPSA) is 52.6 Å². The molecule has 32 heavy (non-hydrogen) atoms. The quantitative estimate of drug-likeness (QED) is 0.530. The molecule has 2 aliphatic rings. The number of anilines is 1. The van der Waals surface area contributed by atoms with Crippen molar-refractivity contribution in [2.45, 2.75) is 6.54 Å². The summed E-state index contributed by atoms with van der Waals surface area (Å²) in [6.07, 6.45) is 0. The molecule has 1 N–H and O–H groups in total. The van der Waals surface area contributed by atoms with Crippen molar-refractivity contribution in [2.75, 3.05) is 77.6 Å². The Morgan fingerprint density at radius 1 is 0.938 bits per heavy atom. The minimum absolute atomic E-state index is 0.688. The first kappa shape index (κ1) is 22.4. The highest BCUT2D eigenvalue weighted by Crippen LogP contribution is 2.19. The number of hydrogen-bond donors (Lipinski definition) is 1. The highest BCUT2D eigenvalue weighted by molar-refractivity contribution is 5.80. The SMILES string of the molecule is CN=C(NCc1ccccc1OCCN1CCOCC1)N1CCN(c2ccccc2)CC1. The maximum absolute atomic E-state index is 6.13. The number of nitrogens with one attached hydrogen (secondary N) is 1. The van der Waals surface area contributed by atoms with Crippen LogP contribution in [0.3, 0.4) is 0 Å². The molecule has 2 fully saturated rings. The van der Waals surface area contributed by atoms with Gasteiger partial charge < -0.3 is 24.6 Å². The zero-order valence-electron chi connectivity index (χ0n) is 19.1. The number of piperazine rings is 1. The van der Waals surface area contributed by atoms with Crippen molar-refractivity contribution in [1.29, 1.82) is 0 Å². The van der Waals surface area contributed by atoms with Gasteiger partial charge in [0.05, 0.1) is 13.2 Å². The molecule has 2 aromatic rings. The Balaban J connectivity index is 1.26. The lowest BCUT2D eigenvalue weighted by atomic mass is 10.2. The number of para-hydroxylation sites is 2. The molecule has 0 atom stereocenters. The maximum Gasteiger partial charge on any atom is 0.194 e. The number of nitrogens with zero attached hydrogens (tertiary/aromatic N) is 4. The number of morpholine rings is 1. The number of ether oxygens (including phenoxy) is 2. The molecule has 2 aliphatic heterocycles. The van der Waals surface area contributed by atoms with Crippen molar-refractivity contribution in [1.82, 2.24) is 15.1 Å². The largest absolute Gasteiger partial charge is 0.492 e. The van der Waals surface area contributed by atoms with Gasteiger partial charge in [-0.25, -0.2) is 0 Å². The fraction of sp³-hybridized carbons (Fsp3) is 0.480. The summed E-state index contributed by atoms with van der Waals surface area (Å²) in [6.45, 7) is 9.81. The van der Waals surface area contributed by atoms with E-state index in [0.29, 0.717) is 13.2 Å². The second-order valence-corrected chi connectivity index (χ2v) is 8.12. The molecule has 0 aromatic heterocycles. The third kappa shape index (κ3) is 6.14. The molecule has 0 radical (unpaired) electrons. The van der Waals surface area contributed by atoms with Crippen LogP contribution in [0.1, 0.15) is 5.56 Å². The highest BCUT2D eigenvalue weighted by atomic mass is 16.5. The van der Waals surface area contributed by atoms with Crippen LogP contribution in [0.25, 0.3) is 0 Å². The van der Waals surface area contributed by atoms with Gasteiger partial charge in [0.15, 0.2) is 5.96 Å². The summed E-state index contributed by atoms with van der Waals surface area (Å²) in [4.78, 5) is 11.7. The third-order valence-electron chi connectivity index (χ3n) is 6.09. The average molecular weight is 438 g/mol.